The van der Waals surface area contributed by atoms with Crippen LogP contribution in [0.4, 0.5) is 0 Å². The Kier molecular flexibility index (Phi) is 4.97. The van der Waals surface area contributed by atoms with Gasteiger partial charge in [0, 0.05) is 19.1 Å². The molecule has 5 nitrogen and oxygen atoms in total. The molecule has 2 atom stereocenters. The first-order valence-electron chi connectivity index (χ1n) is 6.94. The van der Waals surface area contributed by atoms with E-state index in [0.29, 0.717) is 38.9 Å². The highest BCUT2D eigenvalue weighted by Crippen LogP contribution is 2.21. The second-order valence-electron chi connectivity index (χ2n) is 5.34. The monoisotopic (exact) mass is 256 g/mol. The first-order valence-corrected chi connectivity index (χ1v) is 6.94. The zero-order valence-corrected chi connectivity index (χ0v) is 11.2. The lowest BCUT2D eigenvalue weighted by Crippen LogP contribution is -2.47. The van der Waals surface area contributed by atoms with E-state index in [-0.39, 0.29) is 12.0 Å². The van der Waals surface area contributed by atoms with Gasteiger partial charge in [0.1, 0.15) is 0 Å². The van der Waals surface area contributed by atoms with Crippen molar-refractivity contribution < 1.29 is 14.6 Å². The highest BCUT2D eigenvalue weighted by molar-refractivity contribution is 5.78. The number of carbonyl (C=O) groups excluding carboxylic acids is 1. The third-order valence-corrected chi connectivity index (χ3v) is 3.81. The van der Waals surface area contributed by atoms with Gasteiger partial charge in [0.15, 0.2) is 0 Å². The van der Waals surface area contributed by atoms with Gasteiger partial charge in [-0.15, -0.1) is 0 Å². The molecule has 0 saturated carbocycles. The molecule has 5 heteroatoms. The van der Waals surface area contributed by atoms with E-state index in [1.165, 1.54) is 0 Å². The fraction of sp³-hybridized carbons (Fsp3) is 0.923. The zero-order chi connectivity index (χ0) is 13.0. The van der Waals surface area contributed by atoms with Crippen LogP contribution in [-0.4, -0.2) is 72.4 Å². The Morgan fingerprint density at radius 2 is 2.11 bits per heavy atom. The summed E-state index contributed by atoms with van der Waals surface area (Å²) >= 11 is 0. The summed E-state index contributed by atoms with van der Waals surface area (Å²) < 4.78 is 5.25. The van der Waals surface area contributed by atoms with Crippen molar-refractivity contribution in [3.63, 3.8) is 0 Å². The molecule has 2 rings (SSSR count). The van der Waals surface area contributed by atoms with Gasteiger partial charge in [-0.3, -0.25) is 9.69 Å². The van der Waals surface area contributed by atoms with Gasteiger partial charge in [-0.1, -0.05) is 0 Å². The van der Waals surface area contributed by atoms with Crippen molar-refractivity contribution in [2.45, 2.75) is 38.3 Å². The molecule has 0 aromatic rings. The highest BCUT2D eigenvalue weighted by Gasteiger charge is 2.28. The average Bonchev–Trinajstić information content (AvgIpc) is 2.77. The van der Waals surface area contributed by atoms with Crippen molar-refractivity contribution in [1.29, 1.82) is 0 Å². The molecule has 2 unspecified atom stereocenters. The SMILES string of the molecule is CC(O)CC1CCCN1CC(=O)N1CCOCC1. The normalized spacial score (nSPS) is 27.4. The van der Waals surface area contributed by atoms with Gasteiger partial charge in [-0.2, -0.15) is 0 Å². The van der Waals surface area contributed by atoms with E-state index in [1.807, 2.05) is 11.8 Å². The largest absolute Gasteiger partial charge is 0.393 e. The molecule has 2 fully saturated rings. The van der Waals surface area contributed by atoms with Crippen molar-refractivity contribution in [1.82, 2.24) is 9.80 Å². The third-order valence-electron chi connectivity index (χ3n) is 3.81. The number of likely N-dealkylation sites (tertiary alicyclic amines) is 1. The maximum Gasteiger partial charge on any atom is 0.236 e. The second-order valence-corrected chi connectivity index (χ2v) is 5.34. The Balaban J connectivity index is 1.81. The Morgan fingerprint density at radius 1 is 1.39 bits per heavy atom. The van der Waals surface area contributed by atoms with Crippen molar-refractivity contribution in [3.8, 4) is 0 Å². The smallest absolute Gasteiger partial charge is 0.236 e. The molecule has 0 spiro atoms. The number of carbonyl (C=O) groups is 1. The van der Waals surface area contributed by atoms with Gasteiger partial charge in [0.05, 0.1) is 25.9 Å². The van der Waals surface area contributed by atoms with E-state index in [4.69, 9.17) is 4.74 Å². The summed E-state index contributed by atoms with van der Waals surface area (Å²) in [5, 5.41) is 9.47. The first kappa shape index (κ1) is 13.8. The molecule has 0 aliphatic carbocycles. The van der Waals surface area contributed by atoms with Crippen LogP contribution in [-0.2, 0) is 9.53 Å². The number of hydrogen-bond acceptors (Lipinski definition) is 4. The summed E-state index contributed by atoms with van der Waals surface area (Å²) in [6, 6.07) is 0.370. The summed E-state index contributed by atoms with van der Waals surface area (Å²) in [5.41, 5.74) is 0. The van der Waals surface area contributed by atoms with Crippen LogP contribution in [0, 0.1) is 0 Å². The Bertz CT molecular complexity index is 277. The van der Waals surface area contributed by atoms with Gasteiger partial charge in [-0.05, 0) is 32.7 Å². The fourth-order valence-corrected chi connectivity index (χ4v) is 2.85. The van der Waals surface area contributed by atoms with Crippen LogP contribution in [0.15, 0.2) is 0 Å². The number of aliphatic hydroxyl groups excluding tert-OH is 1. The molecular formula is C13H24N2O3. The third kappa shape index (κ3) is 3.67. The lowest BCUT2D eigenvalue weighted by atomic mass is 10.1. The number of ether oxygens (including phenoxy) is 1. The molecule has 0 aromatic carbocycles. The van der Waals surface area contributed by atoms with Crippen molar-refractivity contribution in [3.05, 3.63) is 0 Å². The van der Waals surface area contributed by atoms with E-state index in [0.717, 1.165) is 25.8 Å². The van der Waals surface area contributed by atoms with Crippen LogP contribution >= 0.6 is 0 Å². The van der Waals surface area contributed by atoms with Gasteiger partial charge in [0.25, 0.3) is 0 Å². The second kappa shape index (κ2) is 6.50. The van der Waals surface area contributed by atoms with E-state index in [2.05, 4.69) is 4.90 Å². The van der Waals surface area contributed by atoms with E-state index >= 15 is 0 Å². The molecule has 1 N–H and O–H groups in total. The number of nitrogens with zero attached hydrogens (tertiary/aromatic N) is 2. The molecule has 1 amide bonds. The van der Waals surface area contributed by atoms with Crippen molar-refractivity contribution in [2.75, 3.05) is 39.4 Å². The minimum Gasteiger partial charge on any atom is -0.393 e. The van der Waals surface area contributed by atoms with Crippen LogP contribution in [0.2, 0.25) is 0 Å². The number of aliphatic hydroxyl groups is 1. The summed E-state index contributed by atoms with van der Waals surface area (Å²) in [5.74, 6) is 0.204. The lowest BCUT2D eigenvalue weighted by molar-refractivity contribution is -0.136. The Hall–Kier alpha value is -0.650. The Labute approximate surface area is 109 Å². The first-order chi connectivity index (χ1) is 8.66. The van der Waals surface area contributed by atoms with Gasteiger partial charge in [0.2, 0.25) is 5.91 Å². The highest BCUT2D eigenvalue weighted by atomic mass is 16.5. The summed E-state index contributed by atoms with van der Waals surface area (Å²) in [7, 11) is 0. The van der Waals surface area contributed by atoms with Crippen LogP contribution in [0.3, 0.4) is 0 Å². The predicted molar refractivity (Wildman–Crippen MR) is 68.3 cm³/mol. The average molecular weight is 256 g/mol. The molecule has 2 aliphatic rings. The van der Waals surface area contributed by atoms with Crippen LogP contribution in [0.1, 0.15) is 26.2 Å². The van der Waals surface area contributed by atoms with Crippen LogP contribution < -0.4 is 0 Å². The number of hydrogen-bond donors (Lipinski definition) is 1. The van der Waals surface area contributed by atoms with E-state index in [9.17, 15) is 9.90 Å². The maximum absolute atomic E-state index is 12.2. The van der Waals surface area contributed by atoms with E-state index < -0.39 is 0 Å². The van der Waals surface area contributed by atoms with Crippen LogP contribution in [0.25, 0.3) is 0 Å². The number of morpholine rings is 1. The number of amides is 1. The quantitative estimate of drug-likeness (QED) is 0.774. The molecule has 18 heavy (non-hydrogen) atoms. The van der Waals surface area contributed by atoms with Gasteiger partial charge in [-0.25, -0.2) is 0 Å². The minimum atomic E-state index is -0.283. The molecular weight excluding hydrogens is 232 g/mol. The molecule has 0 aromatic heterocycles. The summed E-state index contributed by atoms with van der Waals surface area (Å²) in [4.78, 5) is 16.3. The van der Waals surface area contributed by atoms with E-state index in [1.54, 1.807) is 0 Å². The molecule has 2 heterocycles. The summed E-state index contributed by atoms with van der Waals surface area (Å²) in [6.45, 7) is 6.04. The maximum atomic E-state index is 12.2. The van der Waals surface area contributed by atoms with Crippen molar-refractivity contribution >= 4 is 5.91 Å². The zero-order valence-electron chi connectivity index (χ0n) is 11.2. The molecule has 0 bridgehead atoms. The topological polar surface area (TPSA) is 53.0 Å². The van der Waals surface area contributed by atoms with Gasteiger partial charge >= 0.3 is 0 Å². The molecule has 0 radical (unpaired) electrons. The summed E-state index contributed by atoms with van der Waals surface area (Å²) in [6.07, 6.45) is 2.72. The molecule has 2 saturated heterocycles. The molecule has 104 valence electrons. The predicted octanol–water partition coefficient (Wildman–Crippen LogP) is 0.0805. The van der Waals surface area contributed by atoms with Crippen molar-refractivity contribution in [2.24, 2.45) is 0 Å². The van der Waals surface area contributed by atoms with Gasteiger partial charge < -0.3 is 14.7 Å². The lowest BCUT2D eigenvalue weighted by Gasteiger charge is -2.31. The number of rotatable bonds is 4. The standard InChI is InChI=1S/C13H24N2O3/c1-11(16)9-12-3-2-4-15(12)10-13(17)14-5-7-18-8-6-14/h11-12,16H,2-10H2,1H3. The minimum absolute atomic E-state index is 0.204. The Morgan fingerprint density at radius 3 is 2.78 bits per heavy atom. The fourth-order valence-electron chi connectivity index (χ4n) is 2.85. The molecule has 2 aliphatic heterocycles. The van der Waals surface area contributed by atoms with Crippen LogP contribution in [0.5, 0.6) is 0 Å².